The molecule has 1 aromatic heterocycles. The normalized spacial score (nSPS) is 10.7. The van der Waals surface area contributed by atoms with Crippen molar-refractivity contribution in [2.45, 2.75) is 13.8 Å². The summed E-state index contributed by atoms with van der Waals surface area (Å²) in [4.78, 5) is 14.5. The largest absolute Gasteiger partial charge is 0.295 e. The average molecular weight is 237 g/mol. The van der Waals surface area contributed by atoms with Crippen LogP contribution in [0.5, 0.6) is 0 Å². The lowest BCUT2D eigenvalue weighted by Crippen LogP contribution is -1.95. The van der Waals surface area contributed by atoms with Crippen molar-refractivity contribution in [2.75, 3.05) is 0 Å². The van der Waals surface area contributed by atoms with E-state index in [-0.39, 0.29) is 5.69 Å². The fourth-order valence-electron chi connectivity index (χ4n) is 1.71. The zero-order chi connectivity index (χ0) is 11.9. The van der Waals surface area contributed by atoms with Gasteiger partial charge < -0.3 is 0 Å². The van der Waals surface area contributed by atoms with E-state index in [4.69, 9.17) is 11.6 Å². The molecule has 1 heterocycles. The number of aromatic nitrogens is 1. The van der Waals surface area contributed by atoms with E-state index in [1.807, 2.05) is 13.8 Å². The Kier molecular flexibility index (Phi) is 2.52. The number of hydrogen-bond acceptors (Lipinski definition) is 3. The van der Waals surface area contributed by atoms with Crippen molar-refractivity contribution in [1.82, 2.24) is 4.98 Å². The smallest absolute Gasteiger partial charge is 0.258 e. The summed E-state index contributed by atoms with van der Waals surface area (Å²) in [6.45, 7) is 3.71. The van der Waals surface area contributed by atoms with Gasteiger partial charge >= 0.3 is 0 Å². The van der Waals surface area contributed by atoms with Gasteiger partial charge in [-0.1, -0.05) is 11.6 Å². The van der Waals surface area contributed by atoms with E-state index >= 15 is 0 Å². The molecule has 0 amide bonds. The summed E-state index contributed by atoms with van der Waals surface area (Å²) in [6, 6.07) is 3.17. The van der Waals surface area contributed by atoms with E-state index in [1.165, 1.54) is 12.3 Å². The van der Waals surface area contributed by atoms with Gasteiger partial charge in [0, 0.05) is 17.6 Å². The van der Waals surface area contributed by atoms with Gasteiger partial charge in [-0.2, -0.15) is 0 Å². The van der Waals surface area contributed by atoms with Crippen LogP contribution in [0.2, 0.25) is 5.02 Å². The number of pyridine rings is 1. The Morgan fingerprint density at radius 1 is 1.44 bits per heavy atom. The molecule has 16 heavy (non-hydrogen) atoms. The molecule has 0 radical (unpaired) electrons. The number of aryl methyl sites for hydroxylation is 2. The number of rotatable bonds is 1. The van der Waals surface area contributed by atoms with Crippen molar-refractivity contribution in [3.8, 4) is 0 Å². The van der Waals surface area contributed by atoms with Gasteiger partial charge in [0.15, 0.2) is 0 Å². The van der Waals surface area contributed by atoms with Crippen LogP contribution in [-0.4, -0.2) is 9.91 Å². The molecule has 2 rings (SSSR count). The fraction of sp³-hybridized carbons (Fsp3) is 0.182. The SMILES string of the molecule is Cc1cc([N+](=O)[O-])c2nccc(Cl)c2c1C. The molecule has 0 atom stereocenters. The van der Waals surface area contributed by atoms with Crippen LogP contribution in [0.1, 0.15) is 11.1 Å². The lowest BCUT2D eigenvalue weighted by Gasteiger charge is -2.07. The Hall–Kier alpha value is -1.68. The summed E-state index contributed by atoms with van der Waals surface area (Å²) >= 11 is 6.05. The summed E-state index contributed by atoms with van der Waals surface area (Å²) in [6.07, 6.45) is 1.48. The third kappa shape index (κ3) is 1.51. The topological polar surface area (TPSA) is 56.0 Å². The molecule has 82 valence electrons. The van der Waals surface area contributed by atoms with Crippen molar-refractivity contribution in [2.24, 2.45) is 0 Å². The Morgan fingerprint density at radius 3 is 2.75 bits per heavy atom. The van der Waals surface area contributed by atoms with Crippen molar-refractivity contribution in [1.29, 1.82) is 0 Å². The van der Waals surface area contributed by atoms with Crippen molar-refractivity contribution in [3.63, 3.8) is 0 Å². The zero-order valence-corrected chi connectivity index (χ0v) is 9.58. The molecule has 0 unspecified atom stereocenters. The molecular formula is C11H9ClN2O2. The maximum Gasteiger partial charge on any atom is 0.295 e. The van der Waals surface area contributed by atoms with Crippen LogP contribution in [0.3, 0.4) is 0 Å². The Balaban J connectivity index is 3.01. The molecule has 0 spiro atoms. The molecule has 0 aliphatic carbocycles. The number of nitro benzene ring substituents is 1. The second-order valence-electron chi connectivity index (χ2n) is 3.61. The van der Waals surface area contributed by atoms with Crippen LogP contribution >= 0.6 is 11.6 Å². The van der Waals surface area contributed by atoms with E-state index < -0.39 is 4.92 Å². The van der Waals surface area contributed by atoms with Crippen LogP contribution in [0.25, 0.3) is 10.9 Å². The van der Waals surface area contributed by atoms with Gasteiger partial charge in [-0.15, -0.1) is 0 Å². The minimum absolute atomic E-state index is 0.000556. The third-order valence-corrected chi connectivity index (χ3v) is 2.97. The summed E-state index contributed by atoms with van der Waals surface area (Å²) in [5.41, 5.74) is 2.12. The highest BCUT2D eigenvalue weighted by Gasteiger charge is 2.18. The molecule has 0 N–H and O–H groups in total. The summed E-state index contributed by atoms with van der Waals surface area (Å²) < 4.78 is 0. The molecule has 0 fully saturated rings. The Labute approximate surface area is 97.0 Å². The van der Waals surface area contributed by atoms with Gasteiger partial charge in [-0.3, -0.25) is 10.1 Å². The first kappa shape index (κ1) is 10.8. The molecular weight excluding hydrogens is 228 g/mol. The standard InChI is InChI=1S/C11H9ClN2O2/c1-6-5-9(14(15)16)11-10(7(6)2)8(12)3-4-13-11/h3-5H,1-2H3. The number of hydrogen-bond donors (Lipinski definition) is 0. The van der Waals surface area contributed by atoms with E-state index in [0.717, 1.165) is 11.1 Å². The first-order valence-electron chi connectivity index (χ1n) is 4.71. The second-order valence-corrected chi connectivity index (χ2v) is 4.02. The van der Waals surface area contributed by atoms with E-state index in [2.05, 4.69) is 4.98 Å². The number of fused-ring (bicyclic) bond motifs is 1. The maximum atomic E-state index is 10.9. The minimum atomic E-state index is -0.432. The lowest BCUT2D eigenvalue weighted by molar-refractivity contribution is -0.383. The quantitative estimate of drug-likeness (QED) is 0.563. The van der Waals surface area contributed by atoms with Gasteiger partial charge in [0.1, 0.15) is 5.52 Å². The number of benzene rings is 1. The molecule has 0 saturated carbocycles. The third-order valence-electron chi connectivity index (χ3n) is 2.66. The maximum absolute atomic E-state index is 10.9. The molecule has 1 aromatic carbocycles. The first-order chi connectivity index (χ1) is 7.52. The van der Waals surface area contributed by atoms with Crippen LogP contribution in [-0.2, 0) is 0 Å². The van der Waals surface area contributed by atoms with E-state index in [0.29, 0.717) is 15.9 Å². The monoisotopic (exact) mass is 236 g/mol. The molecule has 4 nitrogen and oxygen atoms in total. The van der Waals surface area contributed by atoms with Gasteiger partial charge in [0.25, 0.3) is 5.69 Å². The van der Waals surface area contributed by atoms with Crippen molar-refractivity contribution in [3.05, 3.63) is 44.6 Å². The molecule has 2 aromatic rings. The van der Waals surface area contributed by atoms with Gasteiger partial charge in [0.05, 0.1) is 9.95 Å². The summed E-state index contributed by atoms with van der Waals surface area (Å²) in [5, 5.41) is 12.1. The number of nitrogens with zero attached hydrogens (tertiary/aromatic N) is 2. The highest BCUT2D eigenvalue weighted by molar-refractivity contribution is 6.35. The average Bonchev–Trinajstić information content (AvgIpc) is 2.22. The highest BCUT2D eigenvalue weighted by atomic mass is 35.5. The van der Waals surface area contributed by atoms with E-state index in [9.17, 15) is 10.1 Å². The first-order valence-corrected chi connectivity index (χ1v) is 5.09. The number of halogens is 1. The predicted molar refractivity (Wildman–Crippen MR) is 62.9 cm³/mol. The molecule has 0 bridgehead atoms. The molecule has 0 aliphatic rings. The van der Waals surface area contributed by atoms with Crippen molar-refractivity contribution < 1.29 is 4.92 Å². The van der Waals surface area contributed by atoms with Crippen LogP contribution in [0.15, 0.2) is 18.3 Å². The van der Waals surface area contributed by atoms with Crippen LogP contribution in [0, 0.1) is 24.0 Å². The fourth-order valence-corrected chi connectivity index (χ4v) is 1.99. The summed E-state index contributed by atoms with van der Waals surface area (Å²) in [7, 11) is 0. The van der Waals surface area contributed by atoms with Gasteiger partial charge in [-0.05, 0) is 31.0 Å². The summed E-state index contributed by atoms with van der Waals surface area (Å²) in [5.74, 6) is 0. The molecule has 5 heteroatoms. The molecule has 0 saturated heterocycles. The van der Waals surface area contributed by atoms with Crippen molar-refractivity contribution >= 4 is 28.2 Å². The van der Waals surface area contributed by atoms with Crippen LogP contribution < -0.4 is 0 Å². The predicted octanol–water partition coefficient (Wildman–Crippen LogP) is 3.41. The van der Waals surface area contributed by atoms with E-state index in [1.54, 1.807) is 6.07 Å². The van der Waals surface area contributed by atoms with Gasteiger partial charge in [-0.25, -0.2) is 4.98 Å². The minimum Gasteiger partial charge on any atom is -0.258 e. The number of nitro groups is 1. The zero-order valence-electron chi connectivity index (χ0n) is 8.82. The Morgan fingerprint density at radius 2 is 2.12 bits per heavy atom. The van der Waals surface area contributed by atoms with Crippen LogP contribution in [0.4, 0.5) is 5.69 Å². The van der Waals surface area contributed by atoms with Gasteiger partial charge in [0.2, 0.25) is 0 Å². The molecule has 0 aliphatic heterocycles. The number of non-ortho nitro benzene ring substituents is 1. The second kappa shape index (κ2) is 3.72. The highest BCUT2D eigenvalue weighted by Crippen LogP contribution is 2.33. The Bertz CT molecular complexity index is 596. The lowest BCUT2D eigenvalue weighted by atomic mass is 10.0.